The van der Waals surface area contributed by atoms with Crippen molar-refractivity contribution in [3.05, 3.63) is 72.3 Å². The molecule has 0 aromatic heterocycles. The maximum absolute atomic E-state index is 10.7. The number of aliphatic carboxylic acids is 1. The number of nitrogens with zero attached hydrogens (tertiary/aromatic N) is 1. The van der Waals surface area contributed by atoms with Crippen molar-refractivity contribution in [1.82, 2.24) is 4.90 Å². The molecule has 2 fully saturated rings. The number of carboxylic acids is 1. The highest BCUT2D eigenvalue weighted by Crippen LogP contribution is 2.32. The number of hydrogen-bond acceptors (Lipinski definition) is 4. The Morgan fingerprint density at radius 1 is 0.912 bits per heavy atom. The fraction of sp³-hybridized carbons (Fsp3) is 0.483. The molecular weight excluding hydrogens is 426 g/mol. The predicted octanol–water partition coefficient (Wildman–Crippen LogP) is 5.69. The van der Waals surface area contributed by atoms with Crippen LogP contribution in [-0.4, -0.2) is 53.9 Å². The van der Waals surface area contributed by atoms with Crippen LogP contribution in [0.25, 0.3) is 11.1 Å². The van der Waals surface area contributed by atoms with Gasteiger partial charge in [-0.15, -0.1) is 0 Å². The first-order valence-electron chi connectivity index (χ1n) is 12.7. The Balaban J connectivity index is 1.34. The van der Waals surface area contributed by atoms with E-state index < -0.39 is 5.97 Å². The number of allylic oxidation sites excluding steroid dienone is 1. The number of piperidine rings is 1. The molecule has 0 spiro atoms. The normalized spacial score (nSPS) is 23.5. The fourth-order valence-electron chi connectivity index (χ4n) is 5.13. The average molecular weight is 464 g/mol. The van der Waals surface area contributed by atoms with Crippen LogP contribution in [0.1, 0.15) is 50.5 Å². The second kappa shape index (κ2) is 12.8. The summed E-state index contributed by atoms with van der Waals surface area (Å²) in [4.78, 5) is 13.3. The van der Waals surface area contributed by atoms with Crippen LogP contribution in [0.5, 0.6) is 0 Å². The number of likely N-dealkylation sites (tertiary alicyclic amines) is 1. The van der Waals surface area contributed by atoms with Crippen LogP contribution in [0.15, 0.2) is 66.7 Å². The lowest BCUT2D eigenvalue weighted by Crippen LogP contribution is -2.47. The summed E-state index contributed by atoms with van der Waals surface area (Å²) in [6, 6.07) is 19.4. The molecule has 1 N–H and O–H groups in total. The Bertz CT molecular complexity index is 905. The van der Waals surface area contributed by atoms with Crippen LogP contribution in [0.2, 0.25) is 0 Å². The van der Waals surface area contributed by atoms with Gasteiger partial charge in [-0.1, -0.05) is 73.2 Å². The molecule has 1 saturated carbocycles. The predicted molar refractivity (Wildman–Crippen MR) is 135 cm³/mol. The largest absolute Gasteiger partial charge is 0.481 e. The second-order valence-corrected chi connectivity index (χ2v) is 9.36. The first-order valence-corrected chi connectivity index (χ1v) is 12.7. The quantitative estimate of drug-likeness (QED) is 0.434. The molecule has 0 radical (unpaired) electrons. The highest BCUT2D eigenvalue weighted by Gasteiger charge is 2.41. The molecule has 182 valence electrons. The summed E-state index contributed by atoms with van der Waals surface area (Å²) in [6.07, 6.45) is 10.6. The molecule has 4 rings (SSSR count). The Morgan fingerprint density at radius 2 is 1.65 bits per heavy atom. The van der Waals surface area contributed by atoms with Gasteiger partial charge in [0, 0.05) is 12.5 Å². The van der Waals surface area contributed by atoms with E-state index in [2.05, 4.69) is 53.4 Å². The number of hydrogen-bond donors (Lipinski definition) is 1. The Labute approximate surface area is 203 Å². The molecule has 3 atom stereocenters. The summed E-state index contributed by atoms with van der Waals surface area (Å²) in [5.74, 6) is -0.767. The molecule has 1 aliphatic heterocycles. The van der Waals surface area contributed by atoms with Crippen molar-refractivity contribution in [1.29, 1.82) is 0 Å². The van der Waals surface area contributed by atoms with Crippen molar-refractivity contribution in [3.63, 3.8) is 0 Å². The number of ether oxygens (including phenoxy) is 2. The lowest BCUT2D eigenvalue weighted by molar-refractivity contribution is -0.136. The number of carbonyl (C=O) groups is 1. The van der Waals surface area contributed by atoms with Gasteiger partial charge in [-0.05, 0) is 61.9 Å². The molecule has 0 bridgehead atoms. The summed E-state index contributed by atoms with van der Waals surface area (Å²) in [7, 11) is 0. The summed E-state index contributed by atoms with van der Waals surface area (Å²) in [5, 5.41) is 8.80. The van der Waals surface area contributed by atoms with E-state index in [4.69, 9.17) is 14.6 Å². The van der Waals surface area contributed by atoms with E-state index in [0.29, 0.717) is 25.7 Å². The van der Waals surface area contributed by atoms with E-state index in [-0.39, 0.29) is 18.6 Å². The first kappa shape index (κ1) is 24.6. The molecule has 2 aromatic rings. The monoisotopic (exact) mass is 463 g/mol. The Hall–Kier alpha value is -2.47. The van der Waals surface area contributed by atoms with Gasteiger partial charge < -0.3 is 14.6 Å². The molecule has 1 heterocycles. The molecule has 0 unspecified atom stereocenters. The zero-order valence-electron chi connectivity index (χ0n) is 20.0. The van der Waals surface area contributed by atoms with Crippen molar-refractivity contribution >= 4 is 5.97 Å². The zero-order valence-corrected chi connectivity index (χ0v) is 20.0. The number of rotatable bonds is 11. The smallest absolute Gasteiger partial charge is 0.303 e. The van der Waals surface area contributed by atoms with Crippen LogP contribution in [0.4, 0.5) is 0 Å². The number of benzene rings is 2. The molecule has 1 saturated heterocycles. The van der Waals surface area contributed by atoms with Crippen LogP contribution in [0, 0.1) is 0 Å². The Morgan fingerprint density at radius 3 is 2.38 bits per heavy atom. The van der Waals surface area contributed by atoms with E-state index in [1.165, 1.54) is 36.0 Å². The third kappa shape index (κ3) is 7.02. The highest BCUT2D eigenvalue weighted by molar-refractivity contribution is 5.66. The third-order valence-electron chi connectivity index (χ3n) is 6.95. The first-order chi connectivity index (χ1) is 16.7. The molecule has 5 nitrogen and oxygen atoms in total. The van der Waals surface area contributed by atoms with Crippen LogP contribution >= 0.6 is 0 Å². The van der Waals surface area contributed by atoms with Crippen LogP contribution in [0.3, 0.4) is 0 Å². The van der Waals surface area contributed by atoms with Gasteiger partial charge in [0.25, 0.3) is 0 Å². The van der Waals surface area contributed by atoms with Crippen LogP contribution in [-0.2, 0) is 20.9 Å². The molecule has 1 aliphatic carbocycles. The van der Waals surface area contributed by atoms with Gasteiger partial charge in [0.1, 0.15) is 0 Å². The van der Waals surface area contributed by atoms with Crippen LogP contribution < -0.4 is 0 Å². The highest BCUT2D eigenvalue weighted by atomic mass is 16.5. The molecule has 2 aromatic carbocycles. The molecular formula is C29H37NO4. The summed E-state index contributed by atoms with van der Waals surface area (Å²) in [6.45, 7) is 3.38. The molecule has 0 amide bonds. The van der Waals surface area contributed by atoms with Crippen molar-refractivity contribution in [2.45, 2.75) is 69.8 Å². The van der Waals surface area contributed by atoms with E-state index in [9.17, 15) is 4.79 Å². The van der Waals surface area contributed by atoms with Crippen molar-refractivity contribution < 1.29 is 19.4 Å². The van der Waals surface area contributed by atoms with Gasteiger partial charge in [0.2, 0.25) is 0 Å². The zero-order chi connectivity index (χ0) is 23.6. The van der Waals surface area contributed by atoms with Gasteiger partial charge in [-0.25, -0.2) is 0 Å². The molecule has 5 heteroatoms. The molecule has 2 aliphatic rings. The van der Waals surface area contributed by atoms with Gasteiger partial charge in [-0.3, -0.25) is 9.69 Å². The third-order valence-corrected chi connectivity index (χ3v) is 6.95. The van der Waals surface area contributed by atoms with E-state index in [1.807, 2.05) is 18.2 Å². The van der Waals surface area contributed by atoms with Gasteiger partial charge in [-0.2, -0.15) is 0 Å². The SMILES string of the molecule is O=C(O)CC/C=C/CO[C@H]1[C@@H](OCc2ccc(-c3ccccc3)cc2)CC[C@@H]1N1CCCCC1. The number of carboxylic acid groups (broad SMARTS) is 1. The van der Waals surface area contributed by atoms with Crippen molar-refractivity contribution in [2.75, 3.05) is 19.7 Å². The summed E-state index contributed by atoms with van der Waals surface area (Å²) < 4.78 is 12.8. The van der Waals surface area contributed by atoms with Crippen molar-refractivity contribution in [2.24, 2.45) is 0 Å². The maximum atomic E-state index is 10.7. The lowest BCUT2D eigenvalue weighted by atomic mass is 10.0. The van der Waals surface area contributed by atoms with Gasteiger partial charge in [0.15, 0.2) is 0 Å². The minimum absolute atomic E-state index is 0.0471. The average Bonchev–Trinajstić information content (AvgIpc) is 3.28. The van der Waals surface area contributed by atoms with Gasteiger partial charge in [0.05, 0.1) is 25.4 Å². The van der Waals surface area contributed by atoms with Gasteiger partial charge >= 0.3 is 5.97 Å². The summed E-state index contributed by atoms with van der Waals surface area (Å²) in [5.41, 5.74) is 3.61. The van der Waals surface area contributed by atoms with E-state index in [0.717, 1.165) is 25.9 Å². The minimum Gasteiger partial charge on any atom is -0.481 e. The Kier molecular flexibility index (Phi) is 9.31. The fourth-order valence-corrected chi connectivity index (χ4v) is 5.13. The lowest BCUT2D eigenvalue weighted by Gasteiger charge is -2.36. The standard InChI is InChI=1S/C29H37NO4/c31-28(32)12-6-2-9-21-33-29-26(30-19-7-3-8-20-30)17-18-27(29)34-22-23-13-15-25(16-14-23)24-10-4-1-5-11-24/h1-2,4-5,9-11,13-16,26-27,29H,3,6-8,12,17-22H2,(H,31,32)/b9-2+/t26-,27-,29+/m0/s1. The molecule has 34 heavy (non-hydrogen) atoms. The van der Waals surface area contributed by atoms with E-state index >= 15 is 0 Å². The van der Waals surface area contributed by atoms with E-state index in [1.54, 1.807) is 0 Å². The second-order valence-electron chi connectivity index (χ2n) is 9.36. The van der Waals surface area contributed by atoms with Crippen molar-refractivity contribution in [3.8, 4) is 11.1 Å². The minimum atomic E-state index is -0.767. The topological polar surface area (TPSA) is 59.0 Å². The summed E-state index contributed by atoms with van der Waals surface area (Å²) >= 11 is 0. The maximum Gasteiger partial charge on any atom is 0.303 e.